The molecule has 0 radical (unpaired) electrons. The Hall–Kier alpha value is -2.19. The number of ether oxygens (including phenoxy) is 1. The molecule has 2 heterocycles. The van der Waals surface area contributed by atoms with Gasteiger partial charge in [-0.15, -0.1) is 0 Å². The molecule has 0 spiro atoms. The van der Waals surface area contributed by atoms with Gasteiger partial charge in [0.05, 0.1) is 23.8 Å². The molecule has 0 bridgehead atoms. The number of benzene rings is 2. The molecule has 0 fully saturated rings. The fourth-order valence-corrected chi connectivity index (χ4v) is 5.11. The van der Waals surface area contributed by atoms with Gasteiger partial charge in [0.25, 0.3) is 0 Å². The second kappa shape index (κ2) is 8.28. The minimum Gasteiger partial charge on any atom is -0.370 e. The first-order chi connectivity index (χ1) is 13.9. The number of nitrogens with zero attached hydrogens (tertiary/aromatic N) is 3. The summed E-state index contributed by atoms with van der Waals surface area (Å²) in [6.45, 7) is 1.51. The average Bonchev–Trinajstić information content (AvgIpc) is 3.05. The minimum absolute atomic E-state index is 0.306. The molecule has 1 aliphatic heterocycles. The predicted molar refractivity (Wildman–Crippen MR) is 111 cm³/mol. The Bertz CT molecular complexity index is 1100. The summed E-state index contributed by atoms with van der Waals surface area (Å²) in [6, 6.07) is 16.0. The highest BCUT2D eigenvalue weighted by Crippen LogP contribution is 2.27. The van der Waals surface area contributed by atoms with Crippen LogP contribution in [0.3, 0.4) is 0 Å². The van der Waals surface area contributed by atoms with E-state index in [4.69, 9.17) is 16.3 Å². The van der Waals surface area contributed by atoms with Crippen LogP contribution in [0.4, 0.5) is 0 Å². The Morgan fingerprint density at radius 2 is 1.79 bits per heavy atom. The van der Waals surface area contributed by atoms with E-state index in [1.54, 1.807) is 24.3 Å². The van der Waals surface area contributed by atoms with Crippen molar-refractivity contribution in [2.45, 2.75) is 31.1 Å². The third-order valence-corrected chi connectivity index (χ3v) is 7.20. The third kappa shape index (κ3) is 4.23. The maximum atomic E-state index is 13.0. The van der Waals surface area contributed by atoms with Crippen LogP contribution in [0, 0.1) is 0 Å². The summed E-state index contributed by atoms with van der Waals surface area (Å²) in [4.78, 5) is 0.313. The monoisotopic (exact) mass is 431 g/mol. The van der Waals surface area contributed by atoms with Crippen molar-refractivity contribution in [1.29, 1.82) is 0 Å². The Labute approximate surface area is 175 Å². The molecule has 3 aromatic rings. The van der Waals surface area contributed by atoms with Crippen molar-refractivity contribution in [3.8, 4) is 0 Å². The summed E-state index contributed by atoms with van der Waals surface area (Å²) in [7, 11) is -1.65. The molecule has 4 rings (SSSR count). The summed E-state index contributed by atoms with van der Waals surface area (Å²) >= 11 is 5.91. The van der Waals surface area contributed by atoms with Crippen LogP contribution in [0.5, 0.6) is 0 Å². The van der Waals surface area contributed by atoms with Crippen LogP contribution in [-0.2, 0) is 48.0 Å². The summed E-state index contributed by atoms with van der Waals surface area (Å²) in [5.41, 5.74) is 3.81. The van der Waals surface area contributed by atoms with E-state index in [9.17, 15) is 8.42 Å². The normalized spacial score (nSPS) is 14.7. The highest BCUT2D eigenvalue weighted by atomic mass is 35.5. The molecule has 0 N–H and O–H groups in total. The quantitative estimate of drug-likeness (QED) is 0.598. The SMILES string of the molecule is Cn1nc(COCc2ccc(Cl)cc2)c2c1CCN(S(=O)(=O)c1ccccc1)C2. The standard InChI is InChI=1S/C21H22ClN3O3S/c1-24-21-11-12-25(29(26,27)18-5-3-2-4-6-18)13-19(21)20(23-24)15-28-14-16-7-9-17(22)10-8-16/h2-10H,11-15H2,1H3. The molecule has 0 atom stereocenters. The molecule has 0 saturated carbocycles. The zero-order valence-corrected chi connectivity index (χ0v) is 17.7. The summed E-state index contributed by atoms with van der Waals surface area (Å²) < 4.78 is 35.2. The lowest BCUT2D eigenvalue weighted by Crippen LogP contribution is -2.36. The number of rotatable bonds is 6. The fourth-order valence-electron chi connectivity index (χ4n) is 3.55. The number of aryl methyl sites for hydroxylation is 1. The van der Waals surface area contributed by atoms with E-state index in [1.807, 2.05) is 42.1 Å². The van der Waals surface area contributed by atoms with Gasteiger partial charge < -0.3 is 4.74 Å². The van der Waals surface area contributed by atoms with Crippen molar-refractivity contribution in [3.05, 3.63) is 82.1 Å². The average molecular weight is 432 g/mol. The Kier molecular flexibility index (Phi) is 5.74. The zero-order chi connectivity index (χ0) is 20.4. The van der Waals surface area contributed by atoms with Gasteiger partial charge in [-0.3, -0.25) is 4.68 Å². The van der Waals surface area contributed by atoms with Crippen molar-refractivity contribution in [2.75, 3.05) is 6.54 Å². The van der Waals surface area contributed by atoms with E-state index in [-0.39, 0.29) is 0 Å². The van der Waals surface area contributed by atoms with Crippen LogP contribution >= 0.6 is 11.6 Å². The van der Waals surface area contributed by atoms with E-state index >= 15 is 0 Å². The lowest BCUT2D eigenvalue weighted by Gasteiger charge is -2.27. The van der Waals surface area contributed by atoms with Gasteiger partial charge in [-0.2, -0.15) is 9.40 Å². The molecule has 0 unspecified atom stereocenters. The van der Waals surface area contributed by atoms with Crippen molar-refractivity contribution < 1.29 is 13.2 Å². The third-order valence-electron chi connectivity index (χ3n) is 5.09. The van der Waals surface area contributed by atoms with E-state index in [0.29, 0.717) is 42.6 Å². The number of fused-ring (bicyclic) bond motifs is 1. The van der Waals surface area contributed by atoms with Crippen LogP contribution < -0.4 is 0 Å². The fraction of sp³-hybridized carbons (Fsp3) is 0.286. The largest absolute Gasteiger partial charge is 0.370 e. The van der Waals surface area contributed by atoms with Crippen molar-refractivity contribution in [1.82, 2.24) is 14.1 Å². The molecule has 1 aromatic heterocycles. The van der Waals surface area contributed by atoms with Gasteiger partial charge in [0.1, 0.15) is 0 Å². The van der Waals surface area contributed by atoms with Gasteiger partial charge in [0.15, 0.2) is 0 Å². The van der Waals surface area contributed by atoms with Gasteiger partial charge in [0.2, 0.25) is 10.0 Å². The van der Waals surface area contributed by atoms with E-state index < -0.39 is 10.0 Å². The summed E-state index contributed by atoms with van der Waals surface area (Å²) in [5, 5.41) is 5.26. The summed E-state index contributed by atoms with van der Waals surface area (Å²) in [5.74, 6) is 0. The molecule has 1 aliphatic rings. The molecule has 0 amide bonds. The zero-order valence-electron chi connectivity index (χ0n) is 16.1. The van der Waals surface area contributed by atoms with Crippen LogP contribution in [-0.4, -0.2) is 29.0 Å². The number of halogens is 1. The van der Waals surface area contributed by atoms with Gasteiger partial charge in [0, 0.05) is 42.8 Å². The molecule has 8 heteroatoms. The molecule has 2 aromatic carbocycles. The molecule has 0 aliphatic carbocycles. The van der Waals surface area contributed by atoms with Gasteiger partial charge >= 0.3 is 0 Å². The topological polar surface area (TPSA) is 64.4 Å². The Morgan fingerprint density at radius 3 is 2.52 bits per heavy atom. The first-order valence-electron chi connectivity index (χ1n) is 9.36. The molecule has 0 saturated heterocycles. The Morgan fingerprint density at radius 1 is 1.07 bits per heavy atom. The molecule has 152 valence electrons. The summed E-state index contributed by atoms with van der Waals surface area (Å²) in [6.07, 6.45) is 0.627. The second-order valence-electron chi connectivity index (χ2n) is 7.02. The Balaban J connectivity index is 1.50. The number of hydrogen-bond donors (Lipinski definition) is 0. The molecule has 6 nitrogen and oxygen atoms in total. The van der Waals surface area contributed by atoms with Crippen molar-refractivity contribution >= 4 is 21.6 Å². The van der Waals surface area contributed by atoms with Crippen LogP contribution in [0.25, 0.3) is 0 Å². The van der Waals surface area contributed by atoms with Crippen LogP contribution in [0.2, 0.25) is 5.02 Å². The smallest absolute Gasteiger partial charge is 0.243 e. The highest BCUT2D eigenvalue weighted by molar-refractivity contribution is 7.89. The highest BCUT2D eigenvalue weighted by Gasteiger charge is 2.31. The van der Waals surface area contributed by atoms with Crippen molar-refractivity contribution in [3.63, 3.8) is 0 Å². The minimum atomic E-state index is -3.54. The van der Waals surface area contributed by atoms with Crippen molar-refractivity contribution in [2.24, 2.45) is 7.05 Å². The van der Waals surface area contributed by atoms with E-state index in [0.717, 1.165) is 22.5 Å². The van der Waals surface area contributed by atoms with Crippen LogP contribution in [0.1, 0.15) is 22.5 Å². The number of sulfonamides is 1. The van der Waals surface area contributed by atoms with Gasteiger partial charge in [-0.1, -0.05) is 41.9 Å². The number of aromatic nitrogens is 2. The first-order valence-corrected chi connectivity index (χ1v) is 11.2. The second-order valence-corrected chi connectivity index (χ2v) is 9.39. The van der Waals surface area contributed by atoms with Gasteiger partial charge in [-0.05, 0) is 29.8 Å². The van der Waals surface area contributed by atoms with Gasteiger partial charge in [-0.25, -0.2) is 8.42 Å². The molecular formula is C21H22ClN3O3S. The van der Waals surface area contributed by atoms with Crippen LogP contribution in [0.15, 0.2) is 59.5 Å². The number of hydrogen-bond acceptors (Lipinski definition) is 4. The lowest BCUT2D eigenvalue weighted by molar-refractivity contribution is 0.103. The lowest BCUT2D eigenvalue weighted by atomic mass is 10.1. The predicted octanol–water partition coefficient (Wildman–Crippen LogP) is 3.54. The first kappa shape index (κ1) is 20.1. The van der Waals surface area contributed by atoms with E-state index in [2.05, 4.69) is 5.10 Å². The molecular weight excluding hydrogens is 410 g/mol. The maximum Gasteiger partial charge on any atom is 0.243 e. The van der Waals surface area contributed by atoms with E-state index in [1.165, 1.54) is 4.31 Å². The molecule has 29 heavy (non-hydrogen) atoms. The maximum absolute atomic E-state index is 13.0.